The first-order chi connectivity index (χ1) is 15.7. The molecule has 1 aliphatic rings. The number of aliphatic hydroxyl groups excluding tert-OH is 1. The Balaban J connectivity index is 2.70. The van der Waals surface area contributed by atoms with Crippen LogP contribution < -0.4 is 0 Å². The first-order valence-corrected chi connectivity index (χ1v) is 12.1. The molecule has 0 heterocycles. The summed E-state index contributed by atoms with van der Waals surface area (Å²) in [5.74, 6) is 0.0750. The topological polar surface area (TPSA) is 57.5 Å². The SMILES string of the molecule is CC(=O)C(C)=CC=CC(C)=CC=CC=C(C)C=CC=C(C)C=CC1C(C)(C)CC(O)CC1(C)O. The van der Waals surface area contributed by atoms with Gasteiger partial charge < -0.3 is 10.2 Å². The van der Waals surface area contributed by atoms with Crippen LogP contribution in [0.15, 0.2) is 95.2 Å². The van der Waals surface area contributed by atoms with Crippen LogP contribution >= 0.6 is 0 Å². The van der Waals surface area contributed by atoms with Gasteiger partial charge in [-0.3, -0.25) is 4.79 Å². The molecule has 0 aromatic heterocycles. The number of carbonyl (C=O) groups excluding carboxylic acids is 1. The quantitative estimate of drug-likeness (QED) is 0.282. The van der Waals surface area contributed by atoms with E-state index in [0.717, 1.165) is 22.3 Å². The number of allylic oxidation sites excluding steroid dienone is 15. The largest absolute Gasteiger partial charge is 0.393 e. The molecule has 1 fully saturated rings. The van der Waals surface area contributed by atoms with Crippen LogP contribution in [0.3, 0.4) is 0 Å². The van der Waals surface area contributed by atoms with Crippen molar-refractivity contribution in [2.75, 3.05) is 0 Å². The van der Waals surface area contributed by atoms with E-state index < -0.39 is 11.7 Å². The molecule has 186 valence electrons. The average Bonchev–Trinajstić information content (AvgIpc) is 2.68. The van der Waals surface area contributed by atoms with Crippen molar-refractivity contribution in [3.05, 3.63) is 95.2 Å². The molecule has 1 aliphatic carbocycles. The number of Topliss-reactive ketones (excluding diaryl/α,β-unsaturated/α-hetero) is 1. The average molecular weight is 465 g/mol. The van der Waals surface area contributed by atoms with E-state index in [1.807, 2.05) is 70.2 Å². The Bertz CT molecular complexity index is 925. The van der Waals surface area contributed by atoms with Crippen LogP contribution in [0.25, 0.3) is 0 Å². The Hall–Kier alpha value is -2.49. The van der Waals surface area contributed by atoms with Crippen molar-refractivity contribution in [3.8, 4) is 0 Å². The summed E-state index contributed by atoms with van der Waals surface area (Å²) >= 11 is 0. The fourth-order valence-corrected chi connectivity index (χ4v) is 4.36. The number of hydrogen-bond donors (Lipinski definition) is 2. The number of aliphatic hydroxyl groups is 2. The van der Waals surface area contributed by atoms with E-state index in [1.54, 1.807) is 6.92 Å². The highest BCUT2D eigenvalue weighted by Gasteiger charge is 2.47. The Morgan fingerprint density at radius 1 is 0.735 bits per heavy atom. The maximum Gasteiger partial charge on any atom is 0.155 e. The fraction of sp³-hybridized carbons (Fsp3) is 0.452. The van der Waals surface area contributed by atoms with Gasteiger partial charge in [0.15, 0.2) is 5.78 Å². The van der Waals surface area contributed by atoms with E-state index in [2.05, 4.69) is 51.2 Å². The lowest BCUT2D eigenvalue weighted by molar-refractivity contribution is -0.113. The van der Waals surface area contributed by atoms with Gasteiger partial charge in [-0.05, 0) is 59.0 Å². The number of ketones is 1. The predicted molar refractivity (Wildman–Crippen MR) is 145 cm³/mol. The summed E-state index contributed by atoms with van der Waals surface area (Å²) in [6, 6.07) is 0. The second-order valence-corrected chi connectivity index (χ2v) is 10.5. The number of hydrogen-bond acceptors (Lipinski definition) is 3. The lowest BCUT2D eigenvalue weighted by atomic mass is 9.61. The Morgan fingerprint density at radius 2 is 1.21 bits per heavy atom. The van der Waals surface area contributed by atoms with Gasteiger partial charge in [-0.15, -0.1) is 0 Å². The number of carbonyl (C=O) groups is 1. The molecule has 0 aliphatic heterocycles. The maximum atomic E-state index is 11.2. The van der Waals surface area contributed by atoms with Gasteiger partial charge in [-0.1, -0.05) is 103 Å². The van der Waals surface area contributed by atoms with E-state index in [1.165, 1.54) is 0 Å². The molecular formula is C31H44O3. The van der Waals surface area contributed by atoms with Gasteiger partial charge in [-0.25, -0.2) is 0 Å². The first-order valence-electron chi connectivity index (χ1n) is 12.1. The van der Waals surface area contributed by atoms with Gasteiger partial charge in [0.25, 0.3) is 0 Å². The van der Waals surface area contributed by atoms with Crippen molar-refractivity contribution in [1.29, 1.82) is 0 Å². The predicted octanol–water partition coefficient (Wildman–Crippen LogP) is 7.13. The number of rotatable bonds is 9. The van der Waals surface area contributed by atoms with Crippen LogP contribution in [-0.4, -0.2) is 27.7 Å². The minimum atomic E-state index is -0.910. The third kappa shape index (κ3) is 10.6. The second kappa shape index (κ2) is 13.4. The zero-order valence-electron chi connectivity index (χ0n) is 22.3. The molecule has 1 saturated carbocycles. The highest BCUT2D eigenvalue weighted by atomic mass is 16.3. The molecule has 3 unspecified atom stereocenters. The lowest BCUT2D eigenvalue weighted by Crippen LogP contribution is -2.50. The van der Waals surface area contributed by atoms with E-state index >= 15 is 0 Å². The maximum absolute atomic E-state index is 11.2. The third-order valence-electron chi connectivity index (χ3n) is 6.28. The molecule has 3 nitrogen and oxygen atoms in total. The fourth-order valence-electron chi connectivity index (χ4n) is 4.36. The summed E-state index contributed by atoms with van der Waals surface area (Å²) in [4.78, 5) is 11.2. The minimum absolute atomic E-state index is 0.0111. The molecule has 34 heavy (non-hydrogen) atoms. The van der Waals surface area contributed by atoms with Crippen molar-refractivity contribution in [2.24, 2.45) is 11.3 Å². The van der Waals surface area contributed by atoms with Crippen molar-refractivity contribution >= 4 is 5.78 Å². The molecule has 2 N–H and O–H groups in total. The highest BCUT2D eigenvalue weighted by Crippen LogP contribution is 2.47. The Kier molecular flexibility index (Phi) is 11.7. The molecule has 0 bridgehead atoms. The molecule has 3 heteroatoms. The molecule has 3 atom stereocenters. The van der Waals surface area contributed by atoms with Crippen molar-refractivity contribution in [1.82, 2.24) is 0 Å². The van der Waals surface area contributed by atoms with E-state index in [0.29, 0.717) is 12.8 Å². The van der Waals surface area contributed by atoms with Crippen molar-refractivity contribution in [2.45, 2.75) is 79.9 Å². The minimum Gasteiger partial charge on any atom is -0.393 e. The first kappa shape index (κ1) is 29.5. The summed E-state index contributed by atoms with van der Waals surface area (Å²) in [6.45, 7) is 15.5. The van der Waals surface area contributed by atoms with E-state index in [4.69, 9.17) is 0 Å². The molecular weight excluding hydrogens is 420 g/mol. The van der Waals surface area contributed by atoms with Crippen LogP contribution in [0, 0.1) is 11.3 Å². The summed E-state index contributed by atoms with van der Waals surface area (Å²) in [5, 5.41) is 20.9. The summed E-state index contributed by atoms with van der Waals surface area (Å²) in [7, 11) is 0. The summed E-state index contributed by atoms with van der Waals surface area (Å²) in [5.41, 5.74) is 3.02. The van der Waals surface area contributed by atoms with Gasteiger partial charge >= 0.3 is 0 Å². The van der Waals surface area contributed by atoms with Gasteiger partial charge in [-0.2, -0.15) is 0 Å². The van der Waals surface area contributed by atoms with Crippen LogP contribution in [0.5, 0.6) is 0 Å². The monoisotopic (exact) mass is 464 g/mol. The Morgan fingerprint density at radius 3 is 1.71 bits per heavy atom. The highest BCUT2D eigenvalue weighted by molar-refractivity contribution is 5.92. The molecule has 0 aromatic rings. The molecule has 0 spiro atoms. The summed E-state index contributed by atoms with van der Waals surface area (Å²) in [6.07, 6.45) is 24.7. The van der Waals surface area contributed by atoms with Gasteiger partial charge in [0.05, 0.1) is 11.7 Å². The third-order valence-corrected chi connectivity index (χ3v) is 6.28. The zero-order chi connectivity index (χ0) is 25.9. The van der Waals surface area contributed by atoms with Gasteiger partial charge in [0.2, 0.25) is 0 Å². The van der Waals surface area contributed by atoms with Gasteiger partial charge in [0, 0.05) is 12.3 Å². The standard InChI is InChI=1S/C31H44O3/c1-23(13-9-10-14-24(2)17-12-18-26(4)27(5)32)15-11-16-25(3)19-20-29-30(6,7)21-28(33)22-31(29,8)34/h9-20,28-29,33-34H,21-22H2,1-8H3. The zero-order valence-corrected chi connectivity index (χ0v) is 22.3. The normalized spacial score (nSPS) is 27.6. The molecule has 0 amide bonds. The van der Waals surface area contributed by atoms with Crippen LogP contribution in [0.1, 0.15) is 68.2 Å². The summed E-state index contributed by atoms with van der Waals surface area (Å²) < 4.78 is 0. The van der Waals surface area contributed by atoms with Crippen molar-refractivity contribution in [3.63, 3.8) is 0 Å². The van der Waals surface area contributed by atoms with Gasteiger partial charge in [0.1, 0.15) is 0 Å². The van der Waals surface area contributed by atoms with Crippen LogP contribution in [0.2, 0.25) is 0 Å². The van der Waals surface area contributed by atoms with Crippen LogP contribution in [-0.2, 0) is 4.79 Å². The van der Waals surface area contributed by atoms with E-state index in [-0.39, 0.29) is 17.1 Å². The lowest BCUT2D eigenvalue weighted by Gasteiger charge is -2.48. The smallest absolute Gasteiger partial charge is 0.155 e. The molecule has 0 saturated heterocycles. The van der Waals surface area contributed by atoms with E-state index in [9.17, 15) is 15.0 Å². The Labute approximate surface area is 207 Å². The molecule has 0 radical (unpaired) electrons. The molecule has 1 rings (SSSR count). The van der Waals surface area contributed by atoms with Crippen molar-refractivity contribution < 1.29 is 15.0 Å². The van der Waals surface area contributed by atoms with Crippen LogP contribution in [0.4, 0.5) is 0 Å². The second-order valence-electron chi connectivity index (χ2n) is 10.5. The molecule has 0 aromatic carbocycles.